The molecule has 0 N–H and O–H groups in total. The molecule has 0 heterocycles. The Hall–Kier alpha value is -0.870. The molecule has 0 saturated carbocycles. The molecule has 20 heavy (non-hydrogen) atoms. The van der Waals surface area contributed by atoms with E-state index in [-0.39, 0.29) is 25.7 Å². The van der Waals surface area contributed by atoms with Crippen LogP contribution in [0, 0.1) is 11.6 Å². The van der Waals surface area contributed by atoms with Gasteiger partial charge in [-0.2, -0.15) is 0 Å². The van der Waals surface area contributed by atoms with Crippen LogP contribution in [0.4, 0.5) is 8.78 Å². The number of carbonyl (C=O) groups excluding carboxylic acids is 1. The molecule has 7 heteroatoms. The number of ketones is 1. The lowest BCUT2D eigenvalue weighted by Gasteiger charge is -2.09. The molecule has 1 nitrogen and oxygen atoms in total. The Kier molecular flexibility index (Phi) is 4.55. The highest BCUT2D eigenvalue weighted by Crippen LogP contribution is 2.39. The molecular weight excluding hydrogens is 352 g/mol. The van der Waals surface area contributed by atoms with E-state index in [4.69, 9.17) is 46.4 Å². The van der Waals surface area contributed by atoms with Crippen molar-refractivity contribution < 1.29 is 13.6 Å². The summed E-state index contributed by atoms with van der Waals surface area (Å²) in [6.07, 6.45) is 0. The second-order valence-electron chi connectivity index (χ2n) is 3.77. The number of hydrogen-bond acceptors (Lipinski definition) is 1. The molecule has 0 unspecified atom stereocenters. The molecule has 2 rings (SSSR count). The predicted molar refractivity (Wildman–Crippen MR) is 76.3 cm³/mol. The Labute approximate surface area is 133 Å². The van der Waals surface area contributed by atoms with Crippen molar-refractivity contribution in [2.24, 2.45) is 0 Å². The van der Waals surface area contributed by atoms with Crippen LogP contribution in [0.3, 0.4) is 0 Å². The SMILES string of the molecule is O=C(c1cc(Cl)c(Cl)c(Cl)c1Cl)c1c(F)cccc1F. The van der Waals surface area contributed by atoms with Crippen molar-refractivity contribution in [3.8, 4) is 0 Å². The summed E-state index contributed by atoms with van der Waals surface area (Å²) in [7, 11) is 0. The topological polar surface area (TPSA) is 17.1 Å². The van der Waals surface area contributed by atoms with Gasteiger partial charge in [0.2, 0.25) is 5.78 Å². The molecule has 2 aromatic carbocycles. The van der Waals surface area contributed by atoms with Crippen LogP contribution in [0.1, 0.15) is 15.9 Å². The summed E-state index contributed by atoms with van der Waals surface area (Å²) in [6.45, 7) is 0. The zero-order chi connectivity index (χ0) is 15.0. The van der Waals surface area contributed by atoms with Crippen LogP contribution in [-0.4, -0.2) is 5.78 Å². The van der Waals surface area contributed by atoms with E-state index in [0.29, 0.717) is 0 Å². The molecule has 0 aliphatic rings. The van der Waals surface area contributed by atoms with E-state index in [1.54, 1.807) is 0 Å². The predicted octanol–water partition coefficient (Wildman–Crippen LogP) is 5.81. The van der Waals surface area contributed by atoms with Crippen LogP contribution >= 0.6 is 46.4 Å². The highest BCUT2D eigenvalue weighted by molar-refractivity contribution is 6.53. The van der Waals surface area contributed by atoms with Gasteiger partial charge in [-0.1, -0.05) is 52.5 Å². The van der Waals surface area contributed by atoms with E-state index in [1.165, 1.54) is 0 Å². The largest absolute Gasteiger partial charge is 0.288 e. The minimum absolute atomic E-state index is 0.0381. The average molecular weight is 356 g/mol. The second-order valence-corrected chi connectivity index (χ2v) is 5.31. The first-order valence-corrected chi connectivity index (χ1v) is 6.67. The maximum absolute atomic E-state index is 13.6. The third-order valence-corrected chi connectivity index (χ3v) is 4.29. The van der Waals surface area contributed by atoms with Gasteiger partial charge < -0.3 is 0 Å². The maximum Gasteiger partial charge on any atom is 0.200 e. The van der Waals surface area contributed by atoms with Crippen molar-refractivity contribution in [2.75, 3.05) is 0 Å². The third kappa shape index (κ3) is 2.63. The van der Waals surface area contributed by atoms with Crippen LogP contribution in [0.25, 0.3) is 0 Å². The fraction of sp³-hybridized carbons (Fsp3) is 0. The molecule has 104 valence electrons. The standard InChI is InChI=1S/C13H4Cl4F2O/c14-6-4-5(10(15)12(17)11(6)16)13(20)9-7(18)2-1-3-8(9)19/h1-4H. The minimum atomic E-state index is -1.01. The monoisotopic (exact) mass is 354 g/mol. The highest BCUT2D eigenvalue weighted by Gasteiger charge is 2.24. The quantitative estimate of drug-likeness (QED) is 0.377. The van der Waals surface area contributed by atoms with Gasteiger partial charge in [-0.05, 0) is 18.2 Å². The molecule has 0 atom stereocenters. The van der Waals surface area contributed by atoms with Gasteiger partial charge >= 0.3 is 0 Å². The zero-order valence-electron chi connectivity index (χ0n) is 9.49. The third-order valence-electron chi connectivity index (χ3n) is 2.54. The summed E-state index contributed by atoms with van der Waals surface area (Å²) in [5, 5.41) is -0.445. The fourth-order valence-corrected chi connectivity index (χ4v) is 2.48. The van der Waals surface area contributed by atoms with E-state index >= 15 is 0 Å². The number of benzene rings is 2. The first kappa shape index (κ1) is 15.5. The molecule has 0 aromatic heterocycles. The van der Waals surface area contributed by atoms with Gasteiger partial charge in [0, 0.05) is 5.56 Å². The number of carbonyl (C=O) groups is 1. The van der Waals surface area contributed by atoms with Crippen molar-refractivity contribution in [1.82, 2.24) is 0 Å². The van der Waals surface area contributed by atoms with Crippen molar-refractivity contribution >= 4 is 52.2 Å². The van der Waals surface area contributed by atoms with Crippen molar-refractivity contribution in [3.05, 3.63) is 67.1 Å². The molecule has 0 aliphatic heterocycles. The van der Waals surface area contributed by atoms with Gasteiger partial charge in [0.15, 0.2) is 0 Å². The van der Waals surface area contributed by atoms with E-state index in [2.05, 4.69) is 0 Å². The molecule has 0 spiro atoms. The molecule has 2 aromatic rings. The van der Waals surface area contributed by atoms with Crippen LogP contribution in [0.15, 0.2) is 24.3 Å². The summed E-state index contributed by atoms with van der Waals surface area (Å²) in [4.78, 5) is 12.2. The molecule has 0 saturated heterocycles. The molecular formula is C13H4Cl4F2O. The van der Waals surface area contributed by atoms with E-state index in [0.717, 1.165) is 24.3 Å². The lowest BCUT2D eigenvalue weighted by molar-refractivity contribution is 0.103. The number of hydrogen-bond donors (Lipinski definition) is 0. The molecule has 0 aliphatic carbocycles. The summed E-state index contributed by atoms with van der Waals surface area (Å²) in [5.41, 5.74) is -0.959. The minimum Gasteiger partial charge on any atom is -0.288 e. The zero-order valence-corrected chi connectivity index (χ0v) is 12.5. The lowest BCUT2D eigenvalue weighted by atomic mass is 10.0. The van der Waals surface area contributed by atoms with Crippen LogP contribution in [-0.2, 0) is 0 Å². The van der Waals surface area contributed by atoms with E-state index in [9.17, 15) is 13.6 Å². The average Bonchev–Trinajstić information content (AvgIpc) is 2.40. The number of rotatable bonds is 2. The van der Waals surface area contributed by atoms with Crippen molar-refractivity contribution in [1.29, 1.82) is 0 Å². The normalized spacial score (nSPS) is 10.7. The van der Waals surface area contributed by atoms with Gasteiger partial charge in [-0.15, -0.1) is 0 Å². The lowest BCUT2D eigenvalue weighted by Crippen LogP contribution is -2.08. The summed E-state index contributed by atoms with van der Waals surface area (Å²) in [5.74, 6) is -2.98. The van der Waals surface area contributed by atoms with Crippen molar-refractivity contribution in [3.63, 3.8) is 0 Å². The van der Waals surface area contributed by atoms with E-state index in [1.807, 2.05) is 0 Å². The van der Waals surface area contributed by atoms with Gasteiger partial charge in [-0.3, -0.25) is 4.79 Å². The van der Waals surface area contributed by atoms with Crippen LogP contribution < -0.4 is 0 Å². The fourth-order valence-electron chi connectivity index (χ4n) is 1.59. The number of halogens is 6. The summed E-state index contributed by atoms with van der Waals surface area (Å²) < 4.78 is 27.2. The van der Waals surface area contributed by atoms with Gasteiger partial charge in [0.25, 0.3) is 0 Å². The molecule has 0 radical (unpaired) electrons. The Morgan fingerprint density at radius 3 is 2.00 bits per heavy atom. The highest BCUT2D eigenvalue weighted by atomic mass is 35.5. The van der Waals surface area contributed by atoms with Gasteiger partial charge in [-0.25, -0.2) is 8.78 Å². The van der Waals surface area contributed by atoms with Crippen LogP contribution in [0.2, 0.25) is 20.1 Å². The smallest absolute Gasteiger partial charge is 0.200 e. The summed E-state index contributed by atoms with van der Waals surface area (Å²) >= 11 is 23.2. The second kappa shape index (κ2) is 5.86. The van der Waals surface area contributed by atoms with Gasteiger partial charge in [0.05, 0.1) is 25.7 Å². The molecule has 0 bridgehead atoms. The Morgan fingerprint density at radius 2 is 1.45 bits per heavy atom. The Morgan fingerprint density at radius 1 is 0.900 bits per heavy atom. The molecule has 0 amide bonds. The van der Waals surface area contributed by atoms with E-state index < -0.39 is 23.0 Å². The van der Waals surface area contributed by atoms with Gasteiger partial charge in [0.1, 0.15) is 11.6 Å². The Bertz CT molecular complexity index is 696. The first-order chi connectivity index (χ1) is 9.34. The Balaban J connectivity index is 2.66. The maximum atomic E-state index is 13.6. The molecule has 0 fully saturated rings. The first-order valence-electron chi connectivity index (χ1n) is 5.16. The van der Waals surface area contributed by atoms with Crippen LogP contribution in [0.5, 0.6) is 0 Å². The summed E-state index contributed by atoms with van der Waals surface area (Å²) in [6, 6.07) is 4.18. The van der Waals surface area contributed by atoms with Crippen molar-refractivity contribution in [2.45, 2.75) is 0 Å².